The summed E-state index contributed by atoms with van der Waals surface area (Å²) < 4.78 is 50.9. The Hall–Kier alpha value is -2.76. The second-order valence-corrected chi connectivity index (χ2v) is 6.42. The van der Waals surface area contributed by atoms with Crippen LogP contribution in [0.1, 0.15) is 5.56 Å². The van der Waals surface area contributed by atoms with Gasteiger partial charge in [-0.15, -0.1) is 0 Å². The number of nitriles is 1. The third kappa shape index (κ3) is 2.56. The van der Waals surface area contributed by atoms with Crippen molar-refractivity contribution in [3.63, 3.8) is 0 Å². The van der Waals surface area contributed by atoms with Gasteiger partial charge in [0.05, 0.1) is 23.3 Å². The number of primary sulfonamides is 1. The molecule has 0 aliphatic carbocycles. The quantitative estimate of drug-likeness (QED) is 0.782. The van der Waals surface area contributed by atoms with Crippen molar-refractivity contribution in [3.8, 4) is 17.2 Å². The summed E-state index contributed by atoms with van der Waals surface area (Å²) in [6, 6.07) is 9.87. The Morgan fingerprint density at radius 1 is 1.17 bits per heavy atom. The van der Waals surface area contributed by atoms with E-state index in [1.165, 1.54) is 30.3 Å². The first-order valence-electron chi connectivity index (χ1n) is 6.35. The SMILES string of the molecule is N#Cc1ccc(-c2ccc3c(S(N)(=O)=O)cn(F)c3c2)c(F)c1. The van der Waals surface area contributed by atoms with Gasteiger partial charge in [0.2, 0.25) is 10.0 Å². The molecule has 3 rings (SSSR count). The number of aromatic nitrogens is 1. The number of benzene rings is 2. The second kappa shape index (κ2) is 5.15. The fourth-order valence-corrected chi connectivity index (χ4v) is 3.09. The van der Waals surface area contributed by atoms with Crippen molar-refractivity contribution in [2.75, 3.05) is 0 Å². The zero-order valence-corrected chi connectivity index (χ0v) is 12.3. The van der Waals surface area contributed by atoms with E-state index >= 15 is 0 Å². The highest BCUT2D eigenvalue weighted by atomic mass is 32.2. The van der Waals surface area contributed by atoms with Crippen LogP contribution in [0.25, 0.3) is 22.0 Å². The standard InChI is InChI=1S/C15H9F2N3O2S/c16-13-5-9(7-18)1-3-11(13)10-2-4-12-14(6-10)20(17)8-15(12)23(19,21)22/h1-6,8H,(H2,19,21,22). The lowest BCUT2D eigenvalue weighted by Gasteiger charge is -2.05. The number of hydrogen-bond acceptors (Lipinski definition) is 3. The van der Waals surface area contributed by atoms with Crippen LogP contribution in [0.15, 0.2) is 47.5 Å². The molecule has 23 heavy (non-hydrogen) atoms. The maximum Gasteiger partial charge on any atom is 0.240 e. The predicted octanol–water partition coefficient (Wildman–Crippen LogP) is 2.70. The van der Waals surface area contributed by atoms with Crippen molar-refractivity contribution in [1.82, 2.24) is 4.79 Å². The summed E-state index contributed by atoms with van der Waals surface area (Å²) in [5.41, 5.74) is 0.634. The minimum absolute atomic E-state index is 0.0460. The molecule has 0 bridgehead atoms. The van der Waals surface area contributed by atoms with E-state index in [0.29, 0.717) is 5.56 Å². The Balaban J connectivity index is 2.23. The lowest BCUT2D eigenvalue weighted by molar-refractivity contribution is 0.385. The first kappa shape index (κ1) is 15.1. The van der Waals surface area contributed by atoms with Gasteiger partial charge in [0.15, 0.2) is 0 Å². The molecule has 0 spiro atoms. The van der Waals surface area contributed by atoms with Gasteiger partial charge in [0.25, 0.3) is 0 Å². The maximum absolute atomic E-state index is 14.1. The average Bonchev–Trinajstić information content (AvgIpc) is 2.84. The maximum atomic E-state index is 14.1. The van der Waals surface area contributed by atoms with Gasteiger partial charge in [-0.05, 0) is 23.8 Å². The van der Waals surface area contributed by atoms with E-state index in [4.69, 9.17) is 10.4 Å². The van der Waals surface area contributed by atoms with Crippen LogP contribution in [0.3, 0.4) is 0 Å². The minimum atomic E-state index is -4.07. The van der Waals surface area contributed by atoms with Gasteiger partial charge >= 0.3 is 0 Å². The molecule has 0 fully saturated rings. The number of nitrogens with zero attached hydrogens (tertiary/aromatic N) is 2. The van der Waals surface area contributed by atoms with Crippen LogP contribution in [0.5, 0.6) is 0 Å². The van der Waals surface area contributed by atoms with Gasteiger partial charge in [-0.2, -0.15) is 10.1 Å². The molecule has 0 saturated heterocycles. The number of nitrogens with two attached hydrogens (primary N) is 1. The molecule has 0 amide bonds. The fraction of sp³-hybridized carbons (Fsp3) is 0. The second-order valence-electron chi connectivity index (χ2n) is 4.89. The van der Waals surface area contributed by atoms with Crippen molar-refractivity contribution >= 4 is 20.9 Å². The summed E-state index contributed by atoms with van der Waals surface area (Å²) in [5, 5.41) is 13.9. The molecule has 2 aromatic carbocycles. The summed E-state index contributed by atoms with van der Waals surface area (Å²) in [5.74, 6) is -0.632. The molecule has 0 unspecified atom stereocenters. The molecule has 116 valence electrons. The Morgan fingerprint density at radius 2 is 1.91 bits per heavy atom. The molecule has 8 heteroatoms. The van der Waals surface area contributed by atoms with Crippen LogP contribution in [-0.2, 0) is 10.0 Å². The molecule has 1 aromatic heterocycles. The molecule has 0 radical (unpaired) electrons. The van der Waals surface area contributed by atoms with Gasteiger partial charge in [-0.3, -0.25) is 0 Å². The Labute approximate surface area is 130 Å². The molecule has 0 aliphatic rings. The summed E-state index contributed by atoms with van der Waals surface area (Å²) in [7, 11) is -4.07. The van der Waals surface area contributed by atoms with Gasteiger partial charge < -0.3 is 0 Å². The monoisotopic (exact) mass is 333 g/mol. The lowest BCUT2D eigenvalue weighted by atomic mass is 10.0. The summed E-state index contributed by atoms with van der Waals surface area (Å²) >= 11 is 0. The van der Waals surface area contributed by atoms with Crippen LogP contribution < -0.4 is 5.14 Å². The Bertz CT molecular complexity index is 1080. The van der Waals surface area contributed by atoms with Crippen molar-refractivity contribution in [3.05, 3.63) is 54.0 Å². The first-order valence-corrected chi connectivity index (χ1v) is 7.90. The smallest absolute Gasteiger partial charge is 0.225 e. The summed E-state index contributed by atoms with van der Waals surface area (Å²) in [4.78, 5) is -0.220. The van der Waals surface area contributed by atoms with Crippen molar-refractivity contribution in [2.24, 2.45) is 5.14 Å². The van der Waals surface area contributed by atoms with Gasteiger partial charge in [0, 0.05) is 10.9 Å². The number of fused-ring (bicyclic) bond motifs is 1. The van der Waals surface area contributed by atoms with E-state index in [9.17, 15) is 17.3 Å². The normalized spacial score (nSPS) is 11.6. The molecule has 2 N–H and O–H groups in total. The van der Waals surface area contributed by atoms with Crippen LogP contribution >= 0.6 is 0 Å². The third-order valence-electron chi connectivity index (χ3n) is 3.44. The van der Waals surface area contributed by atoms with Crippen LogP contribution in [0, 0.1) is 17.1 Å². The first-order chi connectivity index (χ1) is 10.8. The van der Waals surface area contributed by atoms with Crippen LogP contribution in [0.2, 0.25) is 0 Å². The highest BCUT2D eigenvalue weighted by Gasteiger charge is 2.18. The van der Waals surface area contributed by atoms with E-state index in [-0.39, 0.29) is 31.7 Å². The molecule has 0 atom stereocenters. The van der Waals surface area contributed by atoms with Gasteiger partial charge in [-0.1, -0.05) is 22.7 Å². The molecule has 0 aliphatic heterocycles. The summed E-state index contributed by atoms with van der Waals surface area (Å²) in [6.07, 6.45) is 0.763. The molecular formula is C15H9F2N3O2S. The summed E-state index contributed by atoms with van der Waals surface area (Å²) in [6.45, 7) is 0. The molecule has 5 nitrogen and oxygen atoms in total. The molecule has 0 saturated carbocycles. The highest BCUT2D eigenvalue weighted by molar-refractivity contribution is 7.89. The number of sulfonamides is 1. The topological polar surface area (TPSA) is 88.9 Å². The zero-order valence-electron chi connectivity index (χ0n) is 11.5. The fourth-order valence-electron chi connectivity index (χ4n) is 2.37. The van der Waals surface area contributed by atoms with Crippen molar-refractivity contribution < 1.29 is 17.3 Å². The Kier molecular flexibility index (Phi) is 3.39. The predicted molar refractivity (Wildman–Crippen MR) is 79.9 cm³/mol. The van der Waals surface area contributed by atoms with Crippen molar-refractivity contribution in [1.29, 1.82) is 5.26 Å². The van der Waals surface area contributed by atoms with E-state index in [2.05, 4.69) is 0 Å². The number of rotatable bonds is 2. The zero-order chi connectivity index (χ0) is 16.8. The van der Waals surface area contributed by atoms with E-state index in [0.717, 1.165) is 12.3 Å². The van der Waals surface area contributed by atoms with E-state index in [1.54, 1.807) is 0 Å². The number of hydrogen-bond donors (Lipinski definition) is 1. The van der Waals surface area contributed by atoms with E-state index < -0.39 is 15.8 Å². The third-order valence-corrected chi connectivity index (χ3v) is 4.38. The van der Waals surface area contributed by atoms with Gasteiger partial charge in [-0.25, -0.2) is 17.9 Å². The van der Waals surface area contributed by atoms with Crippen molar-refractivity contribution in [2.45, 2.75) is 4.90 Å². The molecular weight excluding hydrogens is 324 g/mol. The average molecular weight is 333 g/mol. The number of halogens is 2. The van der Waals surface area contributed by atoms with Gasteiger partial charge in [0.1, 0.15) is 10.7 Å². The van der Waals surface area contributed by atoms with Crippen LogP contribution in [-0.4, -0.2) is 13.2 Å². The lowest BCUT2D eigenvalue weighted by Crippen LogP contribution is -2.11. The molecule has 3 aromatic rings. The van der Waals surface area contributed by atoms with Crippen LogP contribution in [0.4, 0.5) is 8.87 Å². The highest BCUT2D eigenvalue weighted by Crippen LogP contribution is 2.31. The largest absolute Gasteiger partial charge is 0.240 e. The molecule has 1 heterocycles. The Morgan fingerprint density at radius 3 is 2.52 bits per heavy atom. The minimum Gasteiger partial charge on any atom is -0.225 e. The van der Waals surface area contributed by atoms with E-state index in [1.807, 2.05) is 6.07 Å².